The molecule has 0 atom stereocenters. The predicted molar refractivity (Wildman–Crippen MR) is 363 cm³/mol. The fourth-order valence-corrected chi connectivity index (χ4v) is 15.7. The maximum atomic E-state index is 2.52. The van der Waals surface area contributed by atoms with Crippen LogP contribution in [-0.2, 0) is 10.8 Å². The molecule has 0 bridgehead atoms. The molecule has 86 heavy (non-hydrogen) atoms. The zero-order valence-corrected chi connectivity index (χ0v) is 49.5. The van der Waals surface area contributed by atoms with Crippen LogP contribution in [0.25, 0.3) is 88.3 Å². The van der Waals surface area contributed by atoms with E-state index in [1.165, 1.54) is 145 Å². The van der Waals surface area contributed by atoms with Crippen LogP contribution in [0.4, 0.5) is 45.5 Å². The number of hydrogen-bond acceptors (Lipinski definition) is 4. The van der Waals surface area contributed by atoms with E-state index in [1.54, 1.807) is 0 Å². The second-order valence-corrected chi connectivity index (χ2v) is 25.3. The van der Waals surface area contributed by atoms with Crippen LogP contribution in [0.1, 0.15) is 62.8 Å². The summed E-state index contributed by atoms with van der Waals surface area (Å²) in [4.78, 5) is 9.74. The smallest absolute Gasteiger partial charge is 0.0699 e. The van der Waals surface area contributed by atoms with Crippen molar-refractivity contribution in [1.82, 2.24) is 0 Å². The average molecular weight is 1110 g/mol. The van der Waals surface area contributed by atoms with Gasteiger partial charge in [-0.25, -0.2) is 0 Å². The molecule has 4 nitrogen and oxygen atoms in total. The van der Waals surface area contributed by atoms with E-state index in [1.807, 2.05) is 0 Å². The average Bonchev–Trinajstić information content (AvgIpc) is 1.00. The van der Waals surface area contributed by atoms with Crippen LogP contribution in [0, 0.1) is 0 Å². The zero-order chi connectivity index (χ0) is 57.7. The molecule has 2 aliphatic heterocycles. The van der Waals surface area contributed by atoms with E-state index in [4.69, 9.17) is 0 Å². The van der Waals surface area contributed by atoms with E-state index in [9.17, 15) is 0 Å². The quantitative estimate of drug-likeness (QED) is 0.154. The SMILES string of the molecule is CN1C2=C(C=CCC2)N(c2ccc3c(-c4cccc(-c5ccc6c(c5)C(C)(C)c5ccccc5-6)c4)c4cc(N5c6ccccc6N(C)c6ccccc65)ccc4c(-c4cccc(-c5ccc6c(c5)C(C)(C)c5ccccc5-6)c4)c3c2)c2ccccc21. The number of fused-ring (bicyclic) bond motifs is 11. The van der Waals surface area contributed by atoms with Crippen LogP contribution in [0.3, 0.4) is 0 Å². The summed E-state index contributed by atoms with van der Waals surface area (Å²) in [5.74, 6) is 0. The monoisotopic (exact) mass is 1100 g/mol. The van der Waals surface area contributed by atoms with Gasteiger partial charge in [-0.2, -0.15) is 0 Å². The minimum Gasteiger partial charge on any atom is -0.345 e. The number of hydrogen-bond donors (Lipinski definition) is 0. The summed E-state index contributed by atoms with van der Waals surface area (Å²) in [6.45, 7) is 9.52. The van der Waals surface area contributed by atoms with Gasteiger partial charge in [0.25, 0.3) is 0 Å². The minimum absolute atomic E-state index is 0.119. The number of anilines is 8. The lowest BCUT2D eigenvalue weighted by Gasteiger charge is -2.41. The minimum atomic E-state index is -0.120. The first-order valence-electron chi connectivity index (χ1n) is 30.5. The number of allylic oxidation sites excluding steroid dienone is 3. The summed E-state index contributed by atoms with van der Waals surface area (Å²) in [6.07, 6.45) is 6.70. The molecule has 2 heterocycles. The van der Waals surface area contributed by atoms with Crippen LogP contribution < -0.4 is 19.6 Å². The molecule has 0 spiro atoms. The molecule has 5 aliphatic rings. The summed E-state index contributed by atoms with van der Waals surface area (Å²) >= 11 is 0. The standard InChI is InChI=1S/C82H64N4/c1-81(2)67-27-9-7-25-59(67)61-41-37-53(47-69(61)81)51-21-19-23-55(45-51)79-63-43-39-58(86-77-35-17-13-31-73(77)84(6)74-32-14-18-36-78(74)86)50-66(63)80(56-24-20-22-52(46-56)54-38-42-62-60-26-8-10-28-68(60)82(3,4)70(62)48-54)64-44-40-57(49-65(64)79)85-75-33-15-11-29-71(75)83(5)72-30-12-16-34-76(72)85/h7-13,15-31,33-50H,14,32H2,1-6H3. The van der Waals surface area contributed by atoms with Gasteiger partial charge in [0.2, 0.25) is 0 Å². The third-order valence-electron chi connectivity index (χ3n) is 20.0. The van der Waals surface area contributed by atoms with Crippen molar-refractivity contribution in [3.63, 3.8) is 0 Å². The normalized spacial score (nSPS) is 15.5. The van der Waals surface area contributed by atoms with Crippen molar-refractivity contribution in [1.29, 1.82) is 0 Å². The van der Waals surface area contributed by atoms with Crippen molar-refractivity contribution in [2.75, 3.05) is 33.7 Å². The fourth-order valence-electron chi connectivity index (χ4n) is 15.7. The van der Waals surface area contributed by atoms with E-state index in [0.29, 0.717) is 0 Å². The first-order valence-corrected chi connectivity index (χ1v) is 30.5. The molecule has 0 amide bonds. The molecule has 0 saturated heterocycles. The molecular weight excluding hydrogens is 1040 g/mol. The maximum Gasteiger partial charge on any atom is 0.0699 e. The van der Waals surface area contributed by atoms with Gasteiger partial charge in [0, 0.05) is 42.0 Å². The van der Waals surface area contributed by atoms with Crippen LogP contribution >= 0.6 is 0 Å². The Kier molecular flexibility index (Phi) is 10.9. The highest BCUT2D eigenvalue weighted by molar-refractivity contribution is 6.23. The second kappa shape index (κ2) is 18.7. The van der Waals surface area contributed by atoms with Crippen molar-refractivity contribution >= 4 is 67.0 Å². The molecule has 0 unspecified atom stereocenters. The van der Waals surface area contributed by atoms with Crippen molar-refractivity contribution in [3.8, 4) is 66.8 Å². The van der Waals surface area contributed by atoms with Gasteiger partial charge in [-0.15, -0.1) is 0 Å². The van der Waals surface area contributed by atoms with E-state index in [-0.39, 0.29) is 10.8 Å². The highest BCUT2D eigenvalue weighted by atomic mass is 15.3. The Labute approximate surface area is 504 Å². The molecule has 0 radical (unpaired) electrons. The van der Waals surface area contributed by atoms with Crippen LogP contribution in [0.2, 0.25) is 0 Å². The zero-order valence-electron chi connectivity index (χ0n) is 49.5. The van der Waals surface area contributed by atoms with Crippen molar-refractivity contribution in [2.24, 2.45) is 0 Å². The molecule has 0 fully saturated rings. The topological polar surface area (TPSA) is 13.0 Å². The lowest BCUT2D eigenvalue weighted by atomic mass is 9.81. The lowest BCUT2D eigenvalue weighted by Crippen LogP contribution is -2.32. The molecule has 12 aromatic carbocycles. The Hall–Kier alpha value is -10.2. The Morgan fingerprint density at radius 3 is 1.23 bits per heavy atom. The van der Waals surface area contributed by atoms with Gasteiger partial charge < -0.3 is 19.6 Å². The van der Waals surface area contributed by atoms with Crippen LogP contribution in [0.15, 0.2) is 266 Å². The predicted octanol–water partition coefficient (Wildman–Crippen LogP) is 22.0. The van der Waals surface area contributed by atoms with Crippen molar-refractivity contribution in [2.45, 2.75) is 51.4 Å². The Morgan fingerprint density at radius 2 is 0.721 bits per heavy atom. The number of nitrogens with zero attached hydrogens (tertiary/aromatic N) is 4. The lowest BCUT2D eigenvalue weighted by molar-refractivity contribution is 0.660. The molecule has 0 N–H and O–H groups in total. The first-order chi connectivity index (χ1) is 42.0. The summed E-state index contributed by atoms with van der Waals surface area (Å²) in [5, 5.41) is 4.80. The Balaban J connectivity index is 0.938. The van der Waals surface area contributed by atoms with Crippen LogP contribution in [0.5, 0.6) is 0 Å². The van der Waals surface area contributed by atoms with Crippen molar-refractivity contribution in [3.05, 3.63) is 288 Å². The summed E-state index contributed by atoms with van der Waals surface area (Å²) in [7, 11) is 4.42. The summed E-state index contributed by atoms with van der Waals surface area (Å²) in [6, 6.07) is 92.2. The Morgan fingerprint density at radius 1 is 0.314 bits per heavy atom. The van der Waals surface area contributed by atoms with Crippen LogP contribution in [-0.4, -0.2) is 14.1 Å². The number of rotatable bonds is 6. The van der Waals surface area contributed by atoms with Gasteiger partial charge in [0.15, 0.2) is 0 Å². The fraction of sp³-hybridized carbons (Fsp3) is 0.122. The molecule has 0 aromatic heterocycles. The maximum absolute atomic E-state index is 2.52. The first kappa shape index (κ1) is 50.4. The Bertz CT molecular complexity index is 4910. The third-order valence-corrected chi connectivity index (χ3v) is 20.0. The molecule has 3 aliphatic carbocycles. The third kappa shape index (κ3) is 7.29. The largest absolute Gasteiger partial charge is 0.345 e. The van der Waals surface area contributed by atoms with Gasteiger partial charge in [-0.1, -0.05) is 191 Å². The van der Waals surface area contributed by atoms with Gasteiger partial charge in [0.1, 0.15) is 0 Å². The number of para-hydroxylation sites is 6. The van der Waals surface area contributed by atoms with Gasteiger partial charge >= 0.3 is 0 Å². The highest BCUT2D eigenvalue weighted by Crippen LogP contribution is 2.56. The molecule has 4 heteroatoms. The molecule has 0 saturated carbocycles. The van der Waals surface area contributed by atoms with E-state index in [2.05, 4.69) is 316 Å². The van der Waals surface area contributed by atoms with E-state index in [0.717, 1.165) is 35.6 Å². The highest BCUT2D eigenvalue weighted by Gasteiger charge is 2.38. The summed E-state index contributed by atoms with van der Waals surface area (Å²) in [5.41, 5.74) is 32.1. The van der Waals surface area contributed by atoms with E-state index < -0.39 is 0 Å². The van der Waals surface area contributed by atoms with E-state index >= 15 is 0 Å². The second-order valence-electron chi connectivity index (χ2n) is 25.3. The number of benzene rings is 12. The van der Waals surface area contributed by atoms with Gasteiger partial charge in [-0.3, -0.25) is 0 Å². The molecule has 12 aromatic rings. The molecule has 17 rings (SSSR count). The van der Waals surface area contributed by atoms with Gasteiger partial charge in [-0.05, 0) is 214 Å². The molecule has 412 valence electrons. The molecular formula is C82H64N4. The summed E-state index contributed by atoms with van der Waals surface area (Å²) < 4.78 is 0. The van der Waals surface area contributed by atoms with Gasteiger partial charge in [0.05, 0.1) is 39.8 Å². The van der Waals surface area contributed by atoms with Crippen molar-refractivity contribution < 1.29 is 0 Å².